The van der Waals surface area contributed by atoms with Crippen molar-refractivity contribution in [2.45, 2.75) is 18.4 Å². The Labute approximate surface area is 163 Å². The number of hydrazone groups is 1. The SMILES string of the molecule is CN1C(=O)C2C(N=CN2CC(=O)N/N=C/c2ccccc2C(F)(F)F)N(C)C1=O. The fourth-order valence-corrected chi connectivity index (χ4v) is 3.08. The zero-order chi connectivity index (χ0) is 21.3. The molecule has 0 aliphatic carbocycles. The Morgan fingerprint density at radius 2 is 1.97 bits per heavy atom. The third-order valence-corrected chi connectivity index (χ3v) is 4.56. The molecule has 2 unspecified atom stereocenters. The molecule has 0 radical (unpaired) electrons. The summed E-state index contributed by atoms with van der Waals surface area (Å²) in [6.07, 6.45) is -3.11. The first kappa shape index (κ1) is 20.3. The largest absolute Gasteiger partial charge is 0.417 e. The molecule has 1 fully saturated rings. The smallest absolute Gasteiger partial charge is 0.338 e. The number of hydrogen-bond acceptors (Lipinski definition) is 6. The minimum atomic E-state index is -4.55. The van der Waals surface area contributed by atoms with E-state index in [9.17, 15) is 27.6 Å². The van der Waals surface area contributed by atoms with Gasteiger partial charge in [0.1, 0.15) is 6.54 Å². The summed E-state index contributed by atoms with van der Waals surface area (Å²) < 4.78 is 38.9. The highest BCUT2D eigenvalue weighted by Crippen LogP contribution is 2.31. The van der Waals surface area contributed by atoms with Crippen molar-refractivity contribution >= 4 is 30.4 Å². The molecule has 0 saturated carbocycles. The first-order valence-electron chi connectivity index (χ1n) is 8.43. The Hall–Kier alpha value is -3.44. The molecule has 3 rings (SSSR count). The van der Waals surface area contributed by atoms with E-state index >= 15 is 0 Å². The minimum Gasteiger partial charge on any atom is -0.338 e. The van der Waals surface area contributed by atoms with Crippen LogP contribution in [0.1, 0.15) is 11.1 Å². The van der Waals surface area contributed by atoms with Gasteiger partial charge in [0.15, 0.2) is 12.2 Å². The van der Waals surface area contributed by atoms with Crippen molar-refractivity contribution in [1.82, 2.24) is 20.1 Å². The highest BCUT2D eigenvalue weighted by atomic mass is 19.4. The van der Waals surface area contributed by atoms with Crippen molar-refractivity contribution in [3.8, 4) is 0 Å². The van der Waals surface area contributed by atoms with Crippen molar-refractivity contribution in [2.75, 3.05) is 20.6 Å². The molecule has 1 saturated heterocycles. The van der Waals surface area contributed by atoms with E-state index in [0.29, 0.717) is 0 Å². The number of likely N-dealkylation sites (N-methyl/N-ethyl adjacent to an activating group) is 2. The Balaban J connectivity index is 1.64. The first-order valence-corrected chi connectivity index (χ1v) is 8.43. The second-order valence-corrected chi connectivity index (χ2v) is 6.46. The maximum atomic E-state index is 13.0. The number of amides is 4. The van der Waals surface area contributed by atoms with Crippen LogP contribution in [0.4, 0.5) is 18.0 Å². The molecule has 1 aromatic carbocycles. The van der Waals surface area contributed by atoms with Gasteiger partial charge in [-0.15, -0.1) is 0 Å². The zero-order valence-electron chi connectivity index (χ0n) is 15.4. The van der Waals surface area contributed by atoms with Crippen molar-refractivity contribution in [2.24, 2.45) is 10.1 Å². The monoisotopic (exact) mass is 410 g/mol. The first-order chi connectivity index (χ1) is 13.6. The lowest BCUT2D eigenvalue weighted by Gasteiger charge is -2.39. The predicted molar refractivity (Wildman–Crippen MR) is 95.9 cm³/mol. The molecule has 2 aliphatic heterocycles. The summed E-state index contributed by atoms with van der Waals surface area (Å²) in [6.45, 7) is -0.315. The number of aliphatic imine (C=N–C) groups is 1. The van der Waals surface area contributed by atoms with E-state index in [0.717, 1.165) is 17.2 Å². The number of rotatable bonds is 4. The standard InChI is InChI=1S/C17H17F3N6O3/c1-24-14-13(15(28)25(2)16(24)29)26(9-21-14)8-12(27)23-22-7-10-5-3-4-6-11(10)17(18,19)20/h3-7,9,13-14H,8H2,1-2H3,(H,23,27)/b22-7+. The summed E-state index contributed by atoms with van der Waals surface area (Å²) in [6, 6.07) is 3.44. The molecule has 1 aromatic rings. The van der Waals surface area contributed by atoms with Gasteiger partial charge in [-0.05, 0) is 6.07 Å². The lowest BCUT2D eigenvalue weighted by molar-refractivity contribution is -0.138. The van der Waals surface area contributed by atoms with Crippen molar-refractivity contribution in [3.63, 3.8) is 0 Å². The number of urea groups is 1. The van der Waals surface area contributed by atoms with E-state index in [1.807, 2.05) is 0 Å². The lowest BCUT2D eigenvalue weighted by Crippen LogP contribution is -2.64. The van der Waals surface area contributed by atoms with Crippen LogP contribution in [0, 0.1) is 0 Å². The molecule has 2 atom stereocenters. The van der Waals surface area contributed by atoms with E-state index in [4.69, 9.17) is 0 Å². The zero-order valence-corrected chi connectivity index (χ0v) is 15.4. The number of benzene rings is 1. The van der Waals surface area contributed by atoms with Crippen molar-refractivity contribution in [3.05, 3.63) is 35.4 Å². The van der Waals surface area contributed by atoms with Gasteiger partial charge in [-0.3, -0.25) is 14.5 Å². The molecule has 0 bridgehead atoms. The quantitative estimate of drug-likeness (QED) is 0.584. The van der Waals surface area contributed by atoms with Gasteiger partial charge in [-0.25, -0.2) is 15.2 Å². The Morgan fingerprint density at radius 1 is 1.28 bits per heavy atom. The molecule has 2 heterocycles. The van der Waals surface area contributed by atoms with E-state index in [2.05, 4.69) is 15.5 Å². The summed E-state index contributed by atoms with van der Waals surface area (Å²) in [5.41, 5.74) is 1.05. The number of hydrogen-bond donors (Lipinski definition) is 1. The number of nitrogens with zero attached hydrogens (tertiary/aromatic N) is 5. The second-order valence-electron chi connectivity index (χ2n) is 6.46. The third-order valence-electron chi connectivity index (χ3n) is 4.56. The number of nitrogens with one attached hydrogen (secondary N) is 1. The lowest BCUT2D eigenvalue weighted by atomic mass is 10.1. The minimum absolute atomic E-state index is 0.202. The highest BCUT2D eigenvalue weighted by Gasteiger charge is 2.48. The van der Waals surface area contributed by atoms with Crippen LogP contribution in [-0.4, -0.2) is 77.9 Å². The summed E-state index contributed by atoms with van der Waals surface area (Å²) in [7, 11) is 2.82. The van der Waals surface area contributed by atoms with Crippen LogP contribution in [0.3, 0.4) is 0 Å². The van der Waals surface area contributed by atoms with E-state index < -0.39 is 41.8 Å². The van der Waals surface area contributed by atoms with Crippen LogP contribution in [0.2, 0.25) is 0 Å². The van der Waals surface area contributed by atoms with Crippen LogP contribution in [0.25, 0.3) is 0 Å². The Morgan fingerprint density at radius 3 is 2.66 bits per heavy atom. The fourth-order valence-electron chi connectivity index (χ4n) is 3.08. The van der Waals surface area contributed by atoms with Gasteiger partial charge in [-0.1, -0.05) is 18.2 Å². The molecule has 9 nitrogen and oxygen atoms in total. The van der Waals surface area contributed by atoms with E-state index in [1.165, 1.54) is 48.4 Å². The van der Waals surface area contributed by atoms with E-state index in [1.54, 1.807) is 0 Å². The average molecular weight is 410 g/mol. The van der Waals surface area contributed by atoms with Crippen LogP contribution in [0.15, 0.2) is 34.4 Å². The molecule has 0 spiro atoms. The number of carbonyl (C=O) groups is 3. The van der Waals surface area contributed by atoms with Crippen LogP contribution in [0.5, 0.6) is 0 Å². The predicted octanol–water partition coefficient (Wildman–Crippen LogP) is 0.718. The topological polar surface area (TPSA) is 97.7 Å². The van der Waals surface area contributed by atoms with Gasteiger partial charge in [0.05, 0.1) is 18.1 Å². The second kappa shape index (κ2) is 7.53. The number of imide groups is 1. The molecule has 4 amide bonds. The van der Waals surface area contributed by atoms with Crippen molar-refractivity contribution < 1.29 is 27.6 Å². The summed E-state index contributed by atoms with van der Waals surface area (Å²) in [4.78, 5) is 44.1. The van der Waals surface area contributed by atoms with Crippen LogP contribution < -0.4 is 5.43 Å². The molecule has 29 heavy (non-hydrogen) atoms. The average Bonchev–Trinajstić information content (AvgIpc) is 3.08. The molecular weight excluding hydrogens is 393 g/mol. The normalized spacial score (nSPS) is 21.9. The van der Waals surface area contributed by atoms with Gasteiger partial charge in [-0.2, -0.15) is 18.3 Å². The molecular formula is C17H17F3N6O3. The number of halogens is 3. The van der Waals surface area contributed by atoms with Crippen LogP contribution >= 0.6 is 0 Å². The molecule has 0 aromatic heterocycles. The van der Waals surface area contributed by atoms with Gasteiger partial charge < -0.3 is 9.80 Å². The summed E-state index contributed by atoms with van der Waals surface area (Å²) >= 11 is 0. The highest BCUT2D eigenvalue weighted by molar-refractivity contribution is 6.02. The molecule has 12 heteroatoms. The van der Waals surface area contributed by atoms with Gasteiger partial charge in [0.2, 0.25) is 0 Å². The molecule has 2 aliphatic rings. The third kappa shape index (κ3) is 3.91. The van der Waals surface area contributed by atoms with E-state index in [-0.39, 0.29) is 12.1 Å². The molecule has 154 valence electrons. The van der Waals surface area contributed by atoms with Crippen molar-refractivity contribution in [1.29, 1.82) is 0 Å². The Kier molecular flexibility index (Phi) is 5.27. The number of carbonyl (C=O) groups excluding carboxylic acids is 3. The Bertz CT molecular complexity index is 901. The maximum Gasteiger partial charge on any atom is 0.417 e. The fraction of sp³-hybridized carbons (Fsp3) is 0.353. The summed E-state index contributed by atoms with van der Waals surface area (Å²) in [5, 5.41) is 3.57. The van der Waals surface area contributed by atoms with Gasteiger partial charge >= 0.3 is 12.2 Å². The van der Waals surface area contributed by atoms with Gasteiger partial charge in [0, 0.05) is 19.7 Å². The summed E-state index contributed by atoms with van der Waals surface area (Å²) in [5.74, 6) is -1.17. The maximum absolute atomic E-state index is 13.0. The molecule has 1 N–H and O–H groups in total. The number of fused-ring (bicyclic) bond motifs is 1. The number of alkyl halides is 3. The van der Waals surface area contributed by atoms with Gasteiger partial charge in [0.25, 0.3) is 11.8 Å². The van der Waals surface area contributed by atoms with Crippen LogP contribution in [-0.2, 0) is 15.8 Å².